The third kappa shape index (κ3) is 3.13. The van der Waals surface area contributed by atoms with Gasteiger partial charge in [-0.2, -0.15) is 0 Å². The third-order valence-corrected chi connectivity index (χ3v) is 3.25. The summed E-state index contributed by atoms with van der Waals surface area (Å²) in [5, 5.41) is 14.3. The second-order valence-corrected chi connectivity index (χ2v) is 5.92. The number of nitrogens with zero attached hydrogens (tertiary/aromatic N) is 1. The Morgan fingerprint density at radius 1 is 1.05 bits per heavy atom. The average molecular weight is 285 g/mol. The number of hydrogen-bond donors (Lipinski definition) is 2. The van der Waals surface area contributed by atoms with Gasteiger partial charge in [-0.3, -0.25) is 10.1 Å². The summed E-state index contributed by atoms with van der Waals surface area (Å²) in [7, 11) is 0. The molecule has 0 saturated carbocycles. The fourth-order valence-electron chi connectivity index (χ4n) is 2.26. The van der Waals surface area contributed by atoms with E-state index in [1.165, 1.54) is 6.07 Å². The van der Waals surface area contributed by atoms with E-state index in [0.717, 1.165) is 11.3 Å². The molecule has 0 unspecified atom stereocenters. The molecular formula is C16H19N3O2. The van der Waals surface area contributed by atoms with Crippen LogP contribution < -0.4 is 11.1 Å². The van der Waals surface area contributed by atoms with Gasteiger partial charge >= 0.3 is 5.69 Å². The van der Waals surface area contributed by atoms with Crippen molar-refractivity contribution >= 4 is 22.7 Å². The van der Waals surface area contributed by atoms with E-state index >= 15 is 0 Å². The number of benzene rings is 2. The normalized spacial score (nSPS) is 11.2. The van der Waals surface area contributed by atoms with Crippen molar-refractivity contribution in [2.75, 3.05) is 11.1 Å². The lowest BCUT2D eigenvalue weighted by Gasteiger charge is -2.23. The van der Waals surface area contributed by atoms with Crippen LogP contribution in [0.15, 0.2) is 42.5 Å². The number of nitro groups is 1. The molecule has 0 amide bonds. The molecule has 2 aromatic carbocycles. The minimum absolute atomic E-state index is 0.0707. The molecule has 110 valence electrons. The zero-order valence-corrected chi connectivity index (χ0v) is 12.4. The lowest BCUT2D eigenvalue weighted by Crippen LogP contribution is -2.13. The number of para-hydroxylation sites is 2. The molecule has 3 N–H and O–H groups in total. The fraction of sp³-hybridized carbons (Fsp3) is 0.250. The van der Waals surface area contributed by atoms with E-state index in [2.05, 4.69) is 26.1 Å². The first-order chi connectivity index (χ1) is 9.80. The van der Waals surface area contributed by atoms with Crippen LogP contribution in [0.2, 0.25) is 0 Å². The van der Waals surface area contributed by atoms with Gasteiger partial charge in [-0.15, -0.1) is 0 Å². The molecule has 21 heavy (non-hydrogen) atoms. The van der Waals surface area contributed by atoms with Crippen molar-refractivity contribution in [3.05, 3.63) is 58.1 Å². The molecule has 0 heterocycles. The van der Waals surface area contributed by atoms with Crippen LogP contribution in [0.4, 0.5) is 22.7 Å². The van der Waals surface area contributed by atoms with Crippen LogP contribution in [0.5, 0.6) is 0 Å². The van der Waals surface area contributed by atoms with Crippen molar-refractivity contribution in [2.24, 2.45) is 0 Å². The summed E-state index contributed by atoms with van der Waals surface area (Å²) < 4.78 is 0. The molecule has 0 aliphatic rings. The maximum Gasteiger partial charge on any atom is 0.315 e. The van der Waals surface area contributed by atoms with Crippen molar-refractivity contribution in [3.63, 3.8) is 0 Å². The number of nitrogens with one attached hydrogen (secondary N) is 1. The minimum Gasteiger partial charge on any atom is -0.393 e. The highest BCUT2D eigenvalue weighted by Crippen LogP contribution is 2.36. The predicted molar refractivity (Wildman–Crippen MR) is 85.9 cm³/mol. The molecule has 5 nitrogen and oxygen atoms in total. The van der Waals surface area contributed by atoms with Gasteiger partial charge in [0.15, 0.2) is 0 Å². The maximum absolute atomic E-state index is 11.2. The molecule has 0 bridgehead atoms. The fourth-order valence-corrected chi connectivity index (χ4v) is 2.26. The Bertz CT molecular complexity index is 675. The van der Waals surface area contributed by atoms with Crippen molar-refractivity contribution in [3.8, 4) is 0 Å². The van der Waals surface area contributed by atoms with Crippen LogP contribution in [-0.4, -0.2) is 4.92 Å². The summed E-state index contributed by atoms with van der Waals surface area (Å²) in [4.78, 5) is 10.7. The molecule has 0 atom stereocenters. The number of anilines is 3. The molecule has 2 rings (SSSR count). The van der Waals surface area contributed by atoms with Gasteiger partial charge in [0.05, 0.1) is 4.92 Å². The van der Waals surface area contributed by atoms with Gasteiger partial charge in [0.25, 0.3) is 0 Å². The molecule has 0 aliphatic heterocycles. The SMILES string of the molecule is CC(C)(C)c1ccccc1Nc1cccc(N)c1[N+](=O)[O-]. The minimum atomic E-state index is -0.461. The zero-order chi connectivity index (χ0) is 15.6. The second kappa shape index (κ2) is 5.44. The summed E-state index contributed by atoms with van der Waals surface area (Å²) in [6.45, 7) is 6.30. The van der Waals surface area contributed by atoms with Gasteiger partial charge in [-0.05, 0) is 29.2 Å². The lowest BCUT2D eigenvalue weighted by atomic mass is 9.86. The van der Waals surface area contributed by atoms with Crippen molar-refractivity contribution in [1.29, 1.82) is 0 Å². The first kappa shape index (κ1) is 14.8. The number of nitrogens with two attached hydrogens (primary N) is 1. The monoisotopic (exact) mass is 285 g/mol. The lowest BCUT2D eigenvalue weighted by molar-refractivity contribution is -0.383. The topological polar surface area (TPSA) is 81.2 Å². The van der Waals surface area contributed by atoms with Gasteiger partial charge in [0, 0.05) is 5.69 Å². The quantitative estimate of drug-likeness (QED) is 0.502. The maximum atomic E-state index is 11.2. The van der Waals surface area contributed by atoms with E-state index in [1.807, 2.05) is 24.3 Å². The van der Waals surface area contributed by atoms with Crippen LogP contribution in [0.1, 0.15) is 26.3 Å². The Hall–Kier alpha value is -2.56. The van der Waals surface area contributed by atoms with E-state index in [0.29, 0.717) is 5.69 Å². The van der Waals surface area contributed by atoms with Gasteiger partial charge in [-0.1, -0.05) is 45.0 Å². The van der Waals surface area contributed by atoms with Crippen LogP contribution in [0, 0.1) is 10.1 Å². The first-order valence-electron chi connectivity index (χ1n) is 6.70. The molecule has 0 spiro atoms. The van der Waals surface area contributed by atoms with Gasteiger partial charge in [-0.25, -0.2) is 0 Å². The summed E-state index contributed by atoms with van der Waals surface area (Å²) in [5.74, 6) is 0. The molecular weight excluding hydrogens is 266 g/mol. The van der Waals surface area contributed by atoms with E-state index in [9.17, 15) is 10.1 Å². The molecule has 0 fully saturated rings. The number of nitrogen functional groups attached to an aromatic ring is 1. The van der Waals surface area contributed by atoms with E-state index in [4.69, 9.17) is 5.73 Å². The van der Waals surface area contributed by atoms with Crippen LogP contribution in [-0.2, 0) is 5.41 Å². The molecule has 5 heteroatoms. The zero-order valence-electron chi connectivity index (χ0n) is 12.4. The smallest absolute Gasteiger partial charge is 0.315 e. The highest BCUT2D eigenvalue weighted by atomic mass is 16.6. The number of rotatable bonds is 3. The van der Waals surface area contributed by atoms with Crippen LogP contribution in [0.3, 0.4) is 0 Å². The number of hydrogen-bond acceptors (Lipinski definition) is 4. The Morgan fingerprint density at radius 3 is 2.29 bits per heavy atom. The highest BCUT2D eigenvalue weighted by Gasteiger charge is 2.21. The summed E-state index contributed by atoms with van der Waals surface area (Å²) in [6, 6.07) is 12.7. The Morgan fingerprint density at radius 2 is 1.67 bits per heavy atom. The Balaban J connectivity index is 2.50. The van der Waals surface area contributed by atoms with Crippen LogP contribution >= 0.6 is 0 Å². The van der Waals surface area contributed by atoms with E-state index in [1.54, 1.807) is 12.1 Å². The number of nitro benzene ring substituents is 1. The molecule has 0 aromatic heterocycles. The van der Waals surface area contributed by atoms with Gasteiger partial charge in [0.2, 0.25) is 0 Å². The predicted octanol–water partition coefficient (Wildman–Crippen LogP) is 4.22. The second-order valence-electron chi connectivity index (χ2n) is 5.92. The van der Waals surface area contributed by atoms with Crippen molar-refractivity contribution < 1.29 is 4.92 Å². The van der Waals surface area contributed by atoms with Crippen molar-refractivity contribution in [2.45, 2.75) is 26.2 Å². The molecule has 0 saturated heterocycles. The largest absolute Gasteiger partial charge is 0.393 e. The van der Waals surface area contributed by atoms with E-state index < -0.39 is 4.92 Å². The van der Waals surface area contributed by atoms with E-state index in [-0.39, 0.29) is 16.8 Å². The van der Waals surface area contributed by atoms with Gasteiger partial charge < -0.3 is 11.1 Å². The standard InChI is InChI=1S/C16H19N3O2/c1-16(2,3)11-7-4-5-9-13(11)18-14-10-6-8-12(17)15(14)19(20)21/h4-10,18H,17H2,1-3H3. The summed E-state index contributed by atoms with van der Waals surface area (Å²) in [5.41, 5.74) is 8.03. The van der Waals surface area contributed by atoms with Crippen LogP contribution in [0.25, 0.3) is 0 Å². The van der Waals surface area contributed by atoms with Gasteiger partial charge in [0.1, 0.15) is 11.4 Å². The molecule has 0 radical (unpaired) electrons. The third-order valence-electron chi connectivity index (χ3n) is 3.25. The average Bonchev–Trinajstić information content (AvgIpc) is 2.37. The van der Waals surface area contributed by atoms with Crippen molar-refractivity contribution in [1.82, 2.24) is 0 Å². The highest BCUT2D eigenvalue weighted by molar-refractivity contribution is 5.79. The Kier molecular flexibility index (Phi) is 3.84. The molecule has 2 aromatic rings. The Labute approximate surface area is 123 Å². The first-order valence-corrected chi connectivity index (χ1v) is 6.70. The molecule has 0 aliphatic carbocycles. The summed E-state index contributed by atoms with van der Waals surface area (Å²) >= 11 is 0. The summed E-state index contributed by atoms with van der Waals surface area (Å²) in [6.07, 6.45) is 0.